The molecule has 1 aliphatic rings. The van der Waals surface area contributed by atoms with Gasteiger partial charge in [-0.3, -0.25) is 9.59 Å². The van der Waals surface area contributed by atoms with E-state index in [2.05, 4.69) is 10.4 Å². The van der Waals surface area contributed by atoms with Crippen molar-refractivity contribution < 1.29 is 18.0 Å². The van der Waals surface area contributed by atoms with Gasteiger partial charge in [-0.25, -0.2) is 4.68 Å². The summed E-state index contributed by atoms with van der Waals surface area (Å²) < 4.78 is 40.2. The average Bonchev–Trinajstić information content (AvgIpc) is 2.61. The zero-order valence-electron chi connectivity index (χ0n) is 14.0. The quantitative estimate of drug-likeness (QED) is 0.906. The molecule has 8 heteroatoms. The van der Waals surface area contributed by atoms with Gasteiger partial charge in [-0.1, -0.05) is 12.1 Å². The topological polar surface area (TPSA) is 64.0 Å². The van der Waals surface area contributed by atoms with Gasteiger partial charge in [0.2, 0.25) is 0 Å². The smallest absolute Gasteiger partial charge is 0.350 e. The Morgan fingerprint density at radius 1 is 1.19 bits per heavy atom. The van der Waals surface area contributed by atoms with Crippen molar-refractivity contribution in [2.45, 2.75) is 38.4 Å². The lowest BCUT2D eigenvalue weighted by molar-refractivity contribution is -0.137. The fourth-order valence-electron chi connectivity index (χ4n) is 3.06. The lowest BCUT2D eigenvalue weighted by Crippen LogP contribution is -2.34. The molecule has 0 bridgehead atoms. The Kier molecular flexibility index (Phi) is 5.11. The third-order valence-electron chi connectivity index (χ3n) is 4.36. The number of halogens is 3. The molecule has 0 saturated carbocycles. The van der Waals surface area contributed by atoms with Crippen molar-refractivity contribution in [1.82, 2.24) is 15.1 Å². The highest BCUT2D eigenvalue weighted by Crippen LogP contribution is 2.31. The highest BCUT2D eigenvalue weighted by atomic mass is 19.4. The van der Waals surface area contributed by atoms with E-state index in [1.165, 1.54) is 16.8 Å². The average molecular weight is 365 g/mol. The summed E-state index contributed by atoms with van der Waals surface area (Å²) in [5.41, 5.74) is 0.146. The molecule has 138 valence electrons. The van der Waals surface area contributed by atoms with Crippen LogP contribution in [0.4, 0.5) is 13.2 Å². The Morgan fingerprint density at radius 2 is 1.92 bits per heavy atom. The van der Waals surface area contributed by atoms with Crippen LogP contribution in [0.5, 0.6) is 0 Å². The molecule has 0 spiro atoms. The second-order valence-electron chi connectivity index (χ2n) is 6.18. The summed E-state index contributed by atoms with van der Waals surface area (Å²) in [6.45, 7) is 0.114. The molecule has 3 rings (SSSR count). The van der Waals surface area contributed by atoms with E-state index in [4.69, 9.17) is 0 Å². The Hall–Kier alpha value is -2.64. The SMILES string of the molecule is O=C(NCCn1nc2c(cc1=O)CCCC2)c1ccccc1C(F)(F)F. The number of hydrogen-bond acceptors (Lipinski definition) is 3. The maximum absolute atomic E-state index is 13.0. The van der Waals surface area contributed by atoms with E-state index in [-0.39, 0.29) is 18.6 Å². The number of carbonyl (C=O) groups is 1. The number of alkyl halides is 3. The van der Waals surface area contributed by atoms with Crippen molar-refractivity contribution in [2.75, 3.05) is 6.54 Å². The van der Waals surface area contributed by atoms with Gasteiger partial charge in [-0.05, 0) is 43.4 Å². The van der Waals surface area contributed by atoms with E-state index in [0.29, 0.717) is 0 Å². The van der Waals surface area contributed by atoms with Crippen LogP contribution in [0.15, 0.2) is 35.1 Å². The molecule has 0 aliphatic heterocycles. The molecule has 26 heavy (non-hydrogen) atoms. The summed E-state index contributed by atoms with van der Waals surface area (Å²) in [6, 6.07) is 6.16. The fraction of sp³-hybridized carbons (Fsp3) is 0.389. The Balaban J connectivity index is 1.68. The van der Waals surface area contributed by atoms with Gasteiger partial charge >= 0.3 is 6.18 Å². The number of fused-ring (bicyclic) bond motifs is 1. The minimum absolute atomic E-state index is 0.0106. The Bertz CT molecular complexity index is 875. The summed E-state index contributed by atoms with van der Waals surface area (Å²) in [7, 11) is 0. The molecular formula is C18H18F3N3O2. The van der Waals surface area contributed by atoms with Crippen LogP contribution < -0.4 is 10.9 Å². The van der Waals surface area contributed by atoms with Crippen molar-refractivity contribution in [3.05, 3.63) is 63.1 Å². The normalized spacial score (nSPS) is 14.0. The molecule has 1 aliphatic carbocycles. The molecule has 1 amide bonds. The Morgan fingerprint density at radius 3 is 2.69 bits per heavy atom. The van der Waals surface area contributed by atoms with E-state index in [1.807, 2.05) is 0 Å². The zero-order chi connectivity index (χ0) is 18.7. The molecule has 5 nitrogen and oxygen atoms in total. The van der Waals surface area contributed by atoms with E-state index in [1.54, 1.807) is 6.07 Å². The van der Waals surface area contributed by atoms with E-state index in [0.717, 1.165) is 49.1 Å². The molecule has 1 N–H and O–H groups in total. The molecule has 1 heterocycles. The number of benzene rings is 1. The number of aromatic nitrogens is 2. The van der Waals surface area contributed by atoms with Gasteiger partial charge < -0.3 is 5.32 Å². The first kappa shape index (κ1) is 18.2. The fourth-order valence-corrected chi connectivity index (χ4v) is 3.06. The van der Waals surface area contributed by atoms with Crippen LogP contribution >= 0.6 is 0 Å². The number of amides is 1. The second kappa shape index (κ2) is 7.31. The number of rotatable bonds is 4. The minimum Gasteiger partial charge on any atom is -0.350 e. The summed E-state index contributed by atoms with van der Waals surface area (Å²) in [5, 5.41) is 6.74. The van der Waals surface area contributed by atoms with E-state index < -0.39 is 23.2 Å². The predicted octanol–water partition coefficient (Wildman–Crippen LogP) is 2.57. The summed E-state index contributed by atoms with van der Waals surface area (Å²) in [6.07, 6.45) is -0.912. The summed E-state index contributed by atoms with van der Waals surface area (Å²) in [5.74, 6) is -0.830. The van der Waals surface area contributed by atoms with Gasteiger partial charge in [-0.2, -0.15) is 18.3 Å². The van der Waals surface area contributed by atoms with Gasteiger partial charge in [0.15, 0.2) is 0 Å². The number of hydrogen-bond donors (Lipinski definition) is 1. The minimum atomic E-state index is -4.61. The third kappa shape index (κ3) is 3.95. The summed E-state index contributed by atoms with van der Waals surface area (Å²) >= 11 is 0. The number of aryl methyl sites for hydroxylation is 2. The molecule has 1 aromatic heterocycles. The van der Waals surface area contributed by atoms with Gasteiger partial charge in [0, 0.05) is 12.6 Å². The molecule has 0 atom stereocenters. The number of nitrogens with zero attached hydrogens (tertiary/aromatic N) is 2. The zero-order valence-corrected chi connectivity index (χ0v) is 14.0. The van der Waals surface area contributed by atoms with Gasteiger partial charge in [0.05, 0.1) is 23.4 Å². The predicted molar refractivity (Wildman–Crippen MR) is 88.9 cm³/mol. The lowest BCUT2D eigenvalue weighted by atomic mass is 9.97. The standard InChI is InChI=1S/C18H18F3N3O2/c19-18(20,21)14-7-3-2-6-13(14)17(26)22-9-10-24-16(25)11-12-5-1-4-8-15(12)23-24/h2-3,6-7,11H,1,4-5,8-10H2,(H,22,26). The highest BCUT2D eigenvalue weighted by molar-refractivity contribution is 5.95. The number of nitrogens with one attached hydrogen (secondary N) is 1. The van der Waals surface area contributed by atoms with Crippen LogP contribution in [0.25, 0.3) is 0 Å². The molecule has 1 aromatic carbocycles. The highest BCUT2D eigenvalue weighted by Gasteiger charge is 2.34. The van der Waals surface area contributed by atoms with Crippen LogP contribution in [0.1, 0.15) is 40.0 Å². The van der Waals surface area contributed by atoms with Gasteiger partial charge in [0.1, 0.15) is 0 Å². The largest absolute Gasteiger partial charge is 0.417 e. The van der Waals surface area contributed by atoms with Crippen molar-refractivity contribution >= 4 is 5.91 Å². The van der Waals surface area contributed by atoms with Gasteiger partial charge in [0.25, 0.3) is 11.5 Å². The summed E-state index contributed by atoms with van der Waals surface area (Å²) in [4.78, 5) is 24.2. The second-order valence-corrected chi connectivity index (χ2v) is 6.18. The first-order chi connectivity index (χ1) is 12.4. The van der Waals surface area contributed by atoms with Crippen molar-refractivity contribution in [3.63, 3.8) is 0 Å². The van der Waals surface area contributed by atoms with Crippen LogP contribution in [0.3, 0.4) is 0 Å². The molecule has 0 unspecified atom stereocenters. The molecule has 0 fully saturated rings. The van der Waals surface area contributed by atoms with Crippen LogP contribution in [0, 0.1) is 0 Å². The maximum Gasteiger partial charge on any atom is 0.417 e. The van der Waals surface area contributed by atoms with E-state index >= 15 is 0 Å². The first-order valence-corrected chi connectivity index (χ1v) is 8.40. The van der Waals surface area contributed by atoms with Gasteiger partial charge in [-0.15, -0.1) is 0 Å². The lowest BCUT2D eigenvalue weighted by Gasteiger charge is -2.16. The monoisotopic (exact) mass is 365 g/mol. The molecule has 0 radical (unpaired) electrons. The Labute approximate surface area is 147 Å². The first-order valence-electron chi connectivity index (χ1n) is 8.40. The van der Waals surface area contributed by atoms with E-state index in [9.17, 15) is 22.8 Å². The molecule has 2 aromatic rings. The van der Waals surface area contributed by atoms with Crippen LogP contribution in [0.2, 0.25) is 0 Å². The molecule has 0 saturated heterocycles. The maximum atomic E-state index is 13.0. The van der Waals surface area contributed by atoms with Crippen molar-refractivity contribution in [1.29, 1.82) is 0 Å². The van der Waals surface area contributed by atoms with Crippen molar-refractivity contribution in [2.24, 2.45) is 0 Å². The number of carbonyl (C=O) groups excluding carboxylic acids is 1. The van der Waals surface area contributed by atoms with Crippen molar-refractivity contribution in [3.8, 4) is 0 Å². The third-order valence-corrected chi connectivity index (χ3v) is 4.36. The van der Waals surface area contributed by atoms with Crippen LogP contribution in [-0.2, 0) is 25.6 Å². The molecular weight excluding hydrogens is 347 g/mol. The van der Waals surface area contributed by atoms with Crippen LogP contribution in [-0.4, -0.2) is 22.2 Å².